The molecular weight excluding hydrogens is 454 g/mol. The van der Waals surface area contributed by atoms with Gasteiger partial charge in [-0.25, -0.2) is 8.42 Å². The zero-order valence-electron chi connectivity index (χ0n) is 17.7. The van der Waals surface area contributed by atoms with Gasteiger partial charge in [0.1, 0.15) is 10.7 Å². The first-order valence-electron chi connectivity index (χ1n) is 10.3. The van der Waals surface area contributed by atoms with Crippen molar-refractivity contribution >= 4 is 38.5 Å². The van der Waals surface area contributed by atoms with Gasteiger partial charge in [-0.2, -0.15) is 4.31 Å². The Morgan fingerprint density at radius 3 is 2.66 bits per heavy atom. The molecule has 3 N–H and O–H groups in total. The summed E-state index contributed by atoms with van der Waals surface area (Å²) in [6.45, 7) is 5.27. The molecule has 3 aromatic rings. The predicted octanol–water partition coefficient (Wildman–Crippen LogP) is 3.77. The molecule has 4 rings (SSSR count). The van der Waals surface area contributed by atoms with E-state index in [2.05, 4.69) is 33.2 Å². The molecule has 12 heteroatoms. The van der Waals surface area contributed by atoms with Crippen LogP contribution in [0.25, 0.3) is 0 Å². The average Bonchev–Trinajstić information content (AvgIpc) is 3.49. The summed E-state index contributed by atoms with van der Waals surface area (Å²) in [5.41, 5.74) is 1.18. The summed E-state index contributed by atoms with van der Waals surface area (Å²) >= 11 is -1.84. The molecule has 1 aliphatic heterocycles. The number of aromatic nitrogens is 2. The maximum Gasteiger partial charge on any atom is 0.246 e. The van der Waals surface area contributed by atoms with E-state index in [1.165, 1.54) is 22.5 Å². The molecule has 0 aliphatic carbocycles. The van der Waals surface area contributed by atoms with Crippen molar-refractivity contribution in [1.82, 2.24) is 13.1 Å². The Morgan fingerprint density at radius 1 is 1.25 bits per heavy atom. The number of benzene rings is 1. The molecule has 2 aromatic heterocycles. The fourth-order valence-corrected chi connectivity index (χ4v) is 5.71. The van der Waals surface area contributed by atoms with E-state index >= 15 is 0 Å². The number of phenolic OH excluding ortho intramolecular Hbond substituents is 1. The summed E-state index contributed by atoms with van der Waals surface area (Å²) in [4.78, 5) is -0.188. The van der Waals surface area contributed by atoms with Crippen LogP contribution in [0.15, 0.2) is 39.8 Å². The van der Waals surface area contributed by atoms with Crippen LogP contribution >= 0.6 is 11.1 Å². The van der Waals surface area contributed by atoms with Crippen molar-refractivity contribution in [1.29, 1.82) is 0 Å². The number of rotatable bonds is 8. The zero-order valence-corrected chi connectivity index (χ0v) is 19.4. The largest absolute Gasteiger partial charge is 0.546 e. The fourth-order valence-electron chi connectivity index (χ4n) is 3.45. The number of anilines is 3. The number of aromatic hydroxyl groups is 1. The van der Waals surface area contributed by atoms with Crippen molar-refractivity contribution in [2.75, 3.05) is 23.7 Å². The van der Waals surface area contributed by atoms with Gasteiger partial charge in [0.15, 0.2) is 16.9 Å². The number of nitrogens with one attached hydrogen (secondary N) is 2. The fraction of sp³-hybridized carbons (Fsp3) is 0.400. The summed E-state index contributed by atoms with van der Waals surface area (Å²) < 4.78 is 52.4. The van der Waals surface area contributed by atoms with Crippen LogP contribution in [-0.4, -0.2) is 44.2 Å². The number of para-hydroxylation sites is 1. The Labute approximate surface area is 189 Å². The number of nitrogens with zero attached hydrogens (tertiary/aromatic N) is 3. The highest BCUT2D eigenvalue weighted by Gasteiger charge is 2.30. The second-order valence-electron chi connectivity index (χ2n) is 7.85. The molecule has 172 valence electrons. The maximum atomic E-state index is 12.9. The first-order chi connectivity index (χ1) is 15.3. The molecule has 0 saturated carbocycles. The van der Waals surface area contributed by atoms with Gasteiger partial charge in [-0.15, -0.1) is 0 Å². The van der Waals surface area contributed by atoms with Gasteiger partial charge < -0.3 is 24.7 Å². The van der Waals surface area contributed by atoms with Crippen LogP contribution < -0.4 is 10.6 Å². The molecule has 0 radical (unpaired) electrons. The van der Waals surface area contributed by atoms with E-state index in [1.54, 1.807) is 6.26 Å². The first-order valence-corrected chi connectivity index (χ1v) is 12.8. The molecule has 0 bridgehead atoms. The molecule has 1 aromatic carbocycles. The summed E-state index contributed by atoms with van der Waals surface area (Å²) in [5, 5.41) is 16.6. The topological polar surface area (TPSA) is 144 Å². The van der Waals surface area contributed by atoms with E-state index in [-0.39, 0.29) is 22.2 Å². The van der Waals surface area contributed by atoms with E-state index in [0.29, 0.717) is 31.3 Å². The highest BCUT2D eigenvalue weighted by atomic mass is 32.2. The Hall–Kier alpha value is -2.67. The lowest BCUT2D eigenvalue weighted by Gasteiger charge is -2.17. The number of furan rings is 1. The average molecular weight is 480 g/mol. The van der Waals surface area contributed by atoms with Crippen LogP contribution in [0.4, 0.5) is 17.3 Å². The van der Waals surface area contributed by atoms with E-state index in [0.717, 1.165) is 18.4 Å². The summed E-state index contributed by atoms with van der Waals surface area (Å²) in [5.74, 6) is 0.930. The van der Waals surface area contributed by atoms with Gasteiger partial charge in [-0.1, -0.05) is 19.9 Å². The molecule has 1 atom stereocenters. The van der Waals surface area contributed by atoms with Crippen LogP contribution in [0.5, 0.6) is 5.75 Å². The van der Waals surface area contributed by atoms with Gasteiger partial charge in [-0.05, 0) is 42.5 Å². The lowest BCUT2D eigenvalue weighted by atomic mass is 10.1. The normalized spacial score (nSPS) is 15.4. The van der Waals surface area contributed by atoms with Gasteiger partial charge >= 0.3 is 0 Å². The van der Waals surface area contributed by atoms with Gasteiger partial charge in [-0.3, -0.25) is 0 Å². The number of hydrogen-bond acceptors (Lipinski definition) is 9. The predicted molar refractivity (Wildman–Crippen MR) is 120 cm³/mol. The maximum absolute atomic E-state index is 12.9. The van der Waals surface area contributed by atoms with Crippen LogP contribution in [0, 0.1) is 0 Å². The third-order valence-electron chi connectivity index (χ3n) is 5.27. The Kier molecular flexibility index (Phi) is 6.38. The second-order valence-corrected chi connectivity index (χ2v) is 10.6. The third-order valence-corrected chi connectivity index (χ3v) is 7.88. The van der Waals surface area contributed by atoms with Crippen LogP contribution in [0.1, 0.15) is 43.9 Å². The number of phenols is 1. The molecule has 1 unspecified atom stereocenters. The van der Waals surface area contributed by atoms with Crippen molar-refractivity contribution < 1.29 is 22.5 Å². The monoisotopic (exact) mass is 479 g/mol. The quantitative estimate of drug-likeness (QED) is 0.325. The van der Waals surface area contributed by atoms with E-state index in [1.807, 2.05) is 6.07 Å². The molecule has 1 fully saturated rings. The summed E-state index contributed by atoms with van der Waals surface area (Å²) in [6, 6.07) is 6.32. The van der Waals surface area contributed by atoms with Gasteiger partial charge in [0.25, 0.3) is 0 Å². The molecular formula is C20H25N5O5S2. The molecule has 3 heterocycles. The highest BCUT2D eigenvalue weighted by molar-refractivity contribution is 7.89. The minimum atomic E-state index is -3.82. The molecule has 1 saturated heterocycles. The van der Waals surface area contributed by atoms with Crippen molar-refractivity contribution in [2.45, 2.75) is 44.0 Å². The highest BCUT2D eigenvalue weighted by Crippen LogP contribution is 2.37. The SMILES string of the molecule is CC(C)c1coc(CNc2n[s+]([O-])nc2Nc2cccc(S(=O)(=O)N3CCCC3)c2O)c1. The molecule has 0 amide bonds. The first kappa shape index (κ1) is 22.5. The van der Waals surface area contributed by atoms with Crippen LogP contribution in [-0.2, 0) is 16.6 Å². The number of sulfonamides is 1. The number of hydrogen-bond donors (Lipinski definition) is 3. The minimum Gasteiger partial charge on any atom is -0.546 e. The standard InChI is InChI=1S/C20H25N5O5S2/c1-13(2)14-10-15(30-12-14)11-21-19-20(24-31(27)23-19)22-16-6-5-7-17(18(16)26)32(28,29)25-8-3-4-9-25/h5-7,10,12-13,26H,3-4,8-9,11H2,1-2H3,(H,21,23)(H,22,24). The molecule has 1 aliphatic rings. The Balaban J connectivity index is 1.54. The van der Waals surface area contributed by atoms with Gasteiger partial charge in [0.05, 0.1) is 18.5 Å². The lowest BCUT2D eigenvalue weighted by molar-refractivity contribution is 0.445. The van der Waals surface area contributed by atoms with E-state index in [4.69, 9.17) is 4.42 Å². The van der Waals surface area contributed by atoms with E-state index in [9.17, 15) is 18.1 Å². The summed E-state index contributed by atoms with van der Waals surface area (Å²) in [6.07, 6.45) is 3.27. The van der Waals surface area contributed by atoms with Crippen LogP contribution in [0.2, 0.25) is 0 Å². The zero-order chi connectivity index (χ0) is 22.9. The lowest BCUT2D eigenvalue weighted by Crippen LogP contribution is -2.28. The molecule has 32 heavy (non-hydrogen) atoms. The van der Waals surface area contributed by atoms with Crippen LogP contribution in [0.3, 0.4) is 0 Å². The Bertz CT molecular complexity index is 1200. The third kappa shape index (κ3) is 4.58. The second kappa shape index (κ2) is 9.06. The van der Waals surface area contributed by atoms with Crippen molar-refractivity contribution in [3.63, 3.8) is 0 Å². The molecule has 0 spiro atoms. The Morgan fingerprint density at radius 2 is 1.97 bits per heavy atom. The van der Waals surface area contributed by atoms with Crippen molar-refractivity contribution in [3.8, 4) is 5.75 Å². The smallest absolute Gasteiger partial charge is 0.246 e. The summed E-state index contributed by atoms with van der Waals surface area (Å²) in [7, 11) is -3.82. The van der Waals surface area contributed by atoms with Crippen molar-refractivity contribution in [3.05, 3.63) is 41.9 Å². The van der Waals surface area contributed by atoms with E-state index < -0.39 is 26.9 Å². The van der Waals surface area contributed by atoms with Crippen molar-refractivity contribution in [2.24, 2.45) is 0 Å². The molecule has 10 nitrogen and oxygen atoms in total. The van der Waals surface area contributed by atoms with Gasteiger partial charge in [0.2, 0.25) is 21.7 Å². The van der Waals surface area contributed by atoms with Gasteiger partial charge in [0, 0.05) is 21.8 Å². The minimum absolute atomic E-state index is 0.123.